The molecular formula is C11H15ClN2O2S. The Kier molecular flexibility index (Phi) is 6.18. The molecule has 0 saturated carbocycles. The number of nitrogens with two attached hydrogens (primary N) is 1. The molecule has 1 aromatic rings. The van der Waals surface area contributed by atoms with Gasteiger partial charge in [-0.2, -0.15) is 0 Å². The van der Waals surface area contributed by atoms with Crippen molar-refractivity contribution in [3.05, 3.63) is 28.8 Å². The lowest BCUT2D eigenvalue weighted by Crippen LogP contribution is -2.14. The minimum absolute atomic E-state index is 0.0711. The highest BCUT2D eigenvalue weighted by Gasteiger charge is 2.08. The van der Waals surface area contributed by atoms with Crippen LogP contribution in [0.3, 0.4) is 0 Å². The van der Waals surface area contributed by atoms with E-state index in [1.54, 1.807) is 31.0 Å². The van der Waals surface area contributed by atoms with E-state index >= 15 is 0 Å². The second-order valence-electron chi connectivity index (χ2n) is 3.32. The Balaban J connectivity index is 2.76. The SMILES string of the molecule is COCCCSc1ccc(Cl)cc1C(N)=NO. The molecule has 1 rings (SSSR count). The summed E-state index contributed by atoms with van der Waals surface area (Å²) < 4.78 is 4.97. The Morgan fingerprint density at radius 3 is 3.00 bits per heavy atom. The number of halogens is 1. The normalized spacial score (nSPS) is 11.8. The number of amidine groups is 1. The third kappa shape index (κ3) is 4.46. The van der Waals surface area contributed by atoms with Gasteiger partial charge in [-0.1, -0.05) is 16.8 Å². The van der Waals surface area contributed by atoms with Crippen LogP contribution in [0.4, 0.5) is 0 Å². The van der Waals surface area contributed by atoms with Crippen LogP contribution in [0.2, 0.25) is 5.02 Å². The van der Waals surface area contributed by atoms with Crippen molar-refractivity contribution in [2.24, 2.45) is 10.9 Å². The smallest absolute Gasteiger partial charge is 0.171 e. The minimum Gasteiger partial charge on any atom is -0.409 e. The zero-order valence-corrected chi connectivity index (χ0v) is 11.1. The Hall–Kier alpha value is -0.910. The van der Waals surface area contributed by atoms with Gasteiger partial charge >= 0.3 is 0 Å². The topological polar surface area (TPSA) is 67.8 Å². The van der Waals surface area contributed by atoms with E-state index in [-0.39, 0.29) is 5.84 Å². The molecule has 94 valence electrons. The zero-order chi connectivity index (χ0) is 12.7. The lowest BCUT2D eigenvalue weighted by molar-refractivity contribution is 0.200. The van der Waals surface area contributed by atoms with E-state index in [1.165, 1.54) is 0 Å². The van der Waals surface area contributed by atoms with Gasteiger partial charge in [0.2, 0.25) is 0 Å². The van der Waals surface area contributed by atoms with Gasteiger partial charge in [0, 0.05) is 35.0 Å². The number of benzene rings is 1. The van der Waals surface area contributed by atoms with E-state index in [0.29, 0.717) is 10.6 Å². The zero-order valence-electron chi connectivity index (χ0n) is 9.52. The fourth-order valence-corrected chi connectivity index (χ4v) is 2.40. The molecule has 0 aliphatic heterocycles. The fourth-order valence-electron chi connectivity index (χ4n) is 1.27. The molecular weight excluding hydrogens is 260 g/mol. The van der Waals surface area contributed by atoms with Crippen LogP contribution in [-0.4, -0.2) is 30.5 Å². The van der Waals surface area contributed by atoms with E-state index in [9.17, 15) is 0 Å². The first kappa shape index (κ1) is 14.2. The highest BCUT2D eigenvalue weighted by molar-refractivity contribution is 7.99. The predicted octanol–water partition coefficient (Wildman–Crippen LogP) is 2.56. The van der Waals surface area contributed by atoms with Gasteiger partial charge < -0.3 is 15.7 Å². The average Bonchev–Trinajstić information content (AvgIpc) is 2.35. The van der Waals surface area contributed by atoms with Gasteiger partial charge in [0.1, 0.15) is 0 Å². The van der Waals surface area contributed by atoms with Gasteiger partial charge in [-0.3, -0.25) is 0 Å². The summed E-state index contributed by atoms with van der Waals surface area (Å²) in [6, 6.07) is 5.34. The molecule has 6 heteroatoms. The molecule has 0 radical (unpaired) electrons. The van der Waals surface area contributed by atoms with Crippen LogP contribution in [0.5, 0.6) is 0 Å². The second-order valence-corrected chi connectivity index (χ2v) is 4.89. The number of hydrogen-bond acceptors (Lipinski definition) is 4. The van der Waals surface area contributed by atoms with Gasteiger partial charge in [-0.15, -0.1) is 11.8 Å². The molecule has 0 aliphatic carbocycles. The summed E-state index contributed by atoms with van der Waals surface area (Å²) in [5.41, 5.74) is 6.25. The van der Waals surface area contributed by atoms with E-state index in [4.69, 9.17) is 27.3 Å². The maximum absolute atomic E-state index is 8.70. The standard InChI is InChI=1S/C11H15ClN2O2S/c1-16-5-2-6-17-10-4-3-8(12)7-9(10)11(13)14-15/h3-4,7,15H,2,5-6H2,1H3,(H2,13,14). The van der Waals surface area contributed by atoms with Gasteiger partial charge in [0.25, 0.3) is 0 Å². The first-order valence-corrected chi connectivity index (χ1v) is 6.44. The molecule has 0 bridgehead atoms. The molecule has 0 heterocycles. The van der Waals surface area contributed by atoms with Crippen LogP contribution in [0.25, 0.3) is 0 Å². The molecule has 0 aromatic heterocycles. The molecule has 0 aliphatic rings. The Morgan fingerprint density at radius 2 is 2.35 bits per heavy atom. The fraction of sp³-hybridized carbons (Fsp3) is 0.364. The maximum atomic E-state index is 8.70. The number of rotatable bonds is 6. The molecule has 4 nitrogen and oxygen atoms in total. The van der Waals surface area contributed by atoms with Crippen LogP contribution in [0.1, 0.15) is 12.0 Å². The number of nitrogens with zero attached hydrogens (tertiary/aromatic N) is 1. The molecule has 0 unspecified atom stereocenters. The van der Waals surface area contributed by atoms with Gasteiger partial charge in [0.05, 0.1) is 0 Å². The summed E-state index contributed by atoms with van der Waals surface area (Å²) in [6.45, 7) is 0.722. The largest absolute Gasteiger partial charge is 0.409 e. The Labute approximate surface area is 110 Å². The molecule has 0 amide bonds. The molecule has 1 aromatic carbocycles. The van der Waals surface area contributed by atoms with E-state index in [1.807, 2.05) is 6.07 Å². The second kappa shape index (κ2) is 7.42. The van der Waals surface area contributed by atoms with Crippen LogP contribution in [0.15, 0.2) is 28.3 Å². The summed E-state index contributed by atoms with van der Waals surface area (Å²) in [4.78, 5) is 0.945. The number of methoxy groups -OCH3 is 1. The Bertz CT molecular complexity index is 399. The molecule has 0 saturated heterocycles. The Morgan fingerprint density at radius 1 is 1.59 bits per heavy atom. The van der Waals surface area contributed by atoms with Crippen molar-refractivity contribution in [3.8, 4) is 0 Å². The number of hydrogen-bond donors (Lipinski definition) is 2. The van der Waals surface area contributed by atoms with Crippen molar-refractivity contribution in [3.63, 3.8) is 0 Å². The maximum Gasteiger partial charge on any atom is 0.171 e. The van der Waals surface area contributed by atoms with Gasteiger partial charge in [0.15, 0.2) is 5.84 Å². The van der Waals surface area contributed by atoms with Crippen molar-refractivity contribution in [1.82, 2.24) is 0 Å². The third-order valence-electron chi connectivity index (χ3n) is 2.08. The first-order valence-electron chi connectivity index (χ1n) is 5.08. The monoisotopic (exact) mass is 274 g/mol. The summed E-state index contributed by atoms with van der Waals surface area (Å²) in [7, 11) is 1.68. The van der Waals surface area contributed by atoms with Crippen molar-refractivity contribution in [2.45, 2.75) is 11.3 Å². The summed E-state index contributed by atoms with van der Waals surface area (Å²) in [5.74, 6) is 0.975. The van der Waals surface area contributed by atoms with Gasteiger partial charge in [-0.25, -0.2) is 0 Å². The van der Waals surface area contributed by atoms with E-state index < -0.39 is 0 Å². The molecule has 0 atom stereocenters. The van der Waals surface area contributed by atoms with Crippen molar-refractivity contribution in [1.29, 1.82) is 0 Å². The molecule has 0 spiro atoms. The van der Waals surface area contributed by atoms with Crippen molar-refractivity contribution >= 4 is 29.2 Å². The lowest BCUT2D eigenvalue weighted by atomic mass is 10.2. The first-order chi connectivity index (χ1) is 8.19. The highest BCUT2D eigenvalue weighted by Crippen LogP contribution is 2.26. The number of oxime groups is 1. The highest BCUT2D eigenvalue weighted by atomic mass is 35.5. The van der Waals surface area contributed by atoms with Crippen molar-refractivity contribution in [2.75, 3.05) is 19.5 Å². The summed E-state index contributed by atoms with van der Waals surface area (Å²) in [6.07, 6.45) is 0.944. The van der Waals surface area contributed by atoms with Crippen molar-refractivity contribution < 1.29 is 9.94 Å². The number of ether oxygens (including phenoxy) is 1. The van der Waals surface area contributed by atoms with Crippen LogP contribution in [-0.2, 0) is 4.74 Å². The molecule has 17 heavy (non-hydrogen) atoms. The number of thioether (sulfide) groups is 1. The summed E-state index contributed by atoms with van der Waals surface area (Å²) in [5, 5.41) is 12.3. The molecule has 0 fully saturated rings. The summed E-state index contributed by atoms with van der Waals surface area (Å²) >= 11 is 7.51. The van der Waals surface area contributed by atoms with Gasteiger partial charge in [-0.05, 0) is 24.6 Å². The average molecular weight is 275 g/mol. The third-order valence-corrected chi connectivity index (χ3v) is 3.47. The van der Waals surface area contributed by atoms with E-state index in [2.05, 4.69) is 5.16 Å². The van der Waals surface area contributed by atoms with E-state index in [0.717, 1.165) is 23.7 Å². The lowest BCUT2D eigenvalue weighted by Gasteiger charge is -2.08. The van der Waals surface area contributed by atoms with Crippen LogP contribution in [0, 0.1) is 0 Å². The molecule has 3 N–H and O–H groups in total. The van der Waals surface area contributed by atoms with Crippen LogP contribution < -0.4 is 5.73 Å². The quantitative estimate of drug-likeness (QED) is 0.209. The van der Waals surface area contributed by atoms with Crippen LogP contribution >= 0.6 is 23.4 Å². The minimum atomic E-state index is 0.0711. The predicted molar refractivity (Wildman–Crippen MR) is 71.2 cm³/mol.